The van der Waals surface area contributed by atoms with Crippen LogP contribution in [0, 0.1) is 0 Å². The van der Waals surface area contributed by atoms with Crippen molar-refractivity contribution in [2.75, 3.05) is 39.8 Å². The molecule has 2 aliphatic heterocycles. The second-order valence-electron chi connectivity index (χ2n) is 6.47. The minimum atomic E-state index is 0.600. The number of nitrogens with zero attached hydrogens (tertiary/aromatic N) is 2. The van der Waals surface area contributed by atoms with Crippen LogP contribution < -0.4 is 5.32 Å². The van der Waals surface area contributed by atoms with E-state index in [1.807, 2.05) is 0 Å². The summed E-state index contributed by atoms with van der Waals surface area (Å²) < 4.78 is 0. The fraction of sp³-hybridized carbons (Fsp3) is 0.300. The minimum Gasteiger partial charge on any atom is -0.370 e. The van der Waals surface area contributed by atoms with Crippen molar-refractivity contribution in [2.45, 2.75) is 0 Å². The van der Waals surface area contributed by atoms with E-state index in [9.17, 15) is 4.79 Å². The van der Waals surface area contributed by atoms with Crippen LogP contribution in [0.15, 0.2) is 53.9 Å². The Balaban J connectivity index is 1.86. The van der Waals surface area contributed by atoms with E-state index in [0.717, 1.165) is 31.9 Å². The Morgan fingerprint density at radius 2 is 1.75 bits per heavy atom. The van der Waals surface area contributed by atoms with Gasteiger partial charge in [-0.25, -0.2) is 4.79 Å². The maximum Gasteiger partial charge on any atom is 0.152 e. The predicted octanol–water partition coefficient (Wildman–Crippen LogP) is 2.12. The van der Waals surface area contributed by atoms with Gasteiger partial charge in [-0.05, 0) is 23.4 Å². The van der Waals surface area contributed by atoms with Crippen LogP contribution in [0.1, 0.15) is 5.56 Å². The molecular formula is C20H21N3O. The molecule has 2 aliphatic rings. The van der Waals surface area contributed by atoms with Gasteiger partial charge in [0.05, 0.1) is 5.70 Å². The summed E-state index contributed by atoms with van der Waals surface area (Å²) in [5.74, 6) is 2.11. The van der Waals surface area contributed by atoms with Gasteiger partial charge in [-0.2, -0.15) is 0 Å². The van der Waals surface area contributed by atoms with Crippen molar-refractivity contribution in [3.05, 3.63) is 59.4 Å². The van der Waals surface area contributed by atoms with Crippen LogP contribution in [-0.2, 0) is 4.79 Å². The number of hydrogen-bond donors (Lipinski definition) is 1. The Morgan fingerprint density at radius 3 is 2.54 bits per heavy atom. The molecule has 4 heteroatoms. The molecule has 2 aromatic rings. The smallest absolute Gasteiger partial charge is 0.152 e. The van der Waals surface area contributed by atoms with Crippen LogP contribution in [0.25, 0.3) is 16.3 Å². The van der Waals surface area contributed by atoms with Gasteiger partial charge in [-0.3, -0.25) is 0 Å². The minimum absolute atomic E-state index is 0.600. The molecule has 4 nitrogen and oxygen atoms in total. The Kier molecular flexibility index (Phi) is 3.85. The number of fused-ring (bicyclic) bond motifs is 1. The molecule has 0 aromatic heterocycles. The van der Waals surface area contributed by atoms with Crippen molar-refractivity contribution in [2.24, 2.45) is 0 Å². The molecule has 0 aliphatic carbocycles. The number of piperazine rings is 1. The largest absolute Gasteiger partial charge is 0.370 e. The van der Waals surface area contributed by atoms with Gasteiger partial charge >= 0.3 is 0 Å². The first-order chi connectivity index (χ1) is 11.8. The normalized spacial score (nSPS) is 18.9. The molecular weight excluding hydrogens is 298 g/mol. The first kappa shape index (κ1) is 15.0. The van der Waals surface area contributed by atoms with Crippen LogP contribution in [0.5, 0.6) is 0 Å². The molecule has 24 heavy (non-hydrogen) atoms. The van der Waals surface area contributed by atoms with Crippen LogP contribution >= 0.6 is 0 Å². The second-order valence-corrected chi connectivity index (χ2v) is 6.47. The average Bonchev–Trinajstić information content (AvgIpc) is 3.05. The lowest BCUT2D eigenvalue weighted by atomic mass is 9.97. The fourth-order valence-electron chi connectivity index (χ4n) is 3.67. The summed E-state index contributed by atoms with van der Waals surface area (Å²) in [6, 6.07) is 14.8. The molecule has 0 atom stereocenters. The number of nitrogens with one attached hydrogen (secondary N) is 1. The maximum atomic E-state index is 11.5. The SMILES string of the molecule is CN1CCN(C2=C(c3cccc4ccccc34)CNC2=C=O)CC1. The van der Waals surface area contributed by atoms with Crippen molar-refractivity contribution in [1.82, 2.24) is 15.1 Å². The Morgan fingerprint density at radius 1 is 1.00 bits per heavy atom. The molecule has 2 heterocycles. The van der Waals surface area contributed by atoms with Crippen LogP contribution in [0.2, 0.25) is 0 Å². The summed E-state index contributed by atoms with van der Waals surface area (Å²) in [4.78, 5) is 16.1. The molecule has 4 rings (SSSR count). The summed E-state index contributed by atoms with van der Waals surface area (Å²) in [5, 5.41) is 5.70. The zero-order chi connectivity index (χ0) is 16.5. The zero-order valence-corrected chi connectivity index (χ0v) is 13.9. The monoisotopic (exact) mass is 319 g/mol. The molecule has 0 unspecified atom stereocenters. The topological polar surface area (TPSA) is 35.6 Å². The van der Waals surface area contributed by atoms with Crippen LogP contribution in [0.4, 0.5) is 0 Å². The molecule has 0 spiro atoms. The first-order valence-corrected chi connectivity index (χ1v) is 8.42. The molecule has 1 N–H and O–H groups in total. The number of benzene rings is 2. The lowest BCUT2D eigenvalue weighted by molar-refractivity contribution is 0.189. The van der Waals surface area contributed by atoms with Gasteiger partial charge in [0.2, 0.25) is 0 Å². The number of rotatable bonds is 2. The van der Waals surface area contributed by atoms with E-state index in [1.165, 1.54) is 21.9 Å². The first-order valence-electron chi connectivity index (χ1n) is 8.42. The van der Waals surface area contributed by atoms with Crippen LogP contribution in [0.3, 0.4) is 0 Å². The summed E-state index contributed by atoms with van der Waals surface area (Å²) in [6.45, 7) is 4.58. The highest BCUT2D eigenvalue weighted by Gasteiger charge is 2.28. The second kappa shape index (κ2) is 6.16. The van der Waals surface area contributed by atoms with Gasteiger partial charge in [-0.15, -0.1) is 0 Å². The lowest BCUT2D eigenvalue weighted by Gasteiger charge is -2.35. The van der Waals surface area contributed by atoms with Gasteiger partial charge < -0.3 is 15.1 Å². The maximum absolute atomic E-state index is 11.5. The van der Waals surface area contributed by atoms with Gasteiger partial charge in [0.1, 0.15) is 5.70 Å². The summed E-state index contributed by atoms with van der Waals surface area (Å²) >= 11 is 0. The van der Waals surface area contributed by atoms with Crippen molar-refractivity contribution >= 4 is 22.3 Å². The summed E-state index contributed by atoms with van der Waals surface area (Å²) in [7, 11) is 2.14. The molecule has 2 aromatic carbocycles. The van der Waals surface area contributed by atoms with E-state index in [1.54, 1.807) is 0 Å². The van der Waals surface area contributed by atoms with Gasteiger partial charge in [0.25, 0.3) is 0 Å². The van der Waals surface area contributed by atoms with E-state index in [0.29, 0.717) is 12.2 Å². The Hall–Kier alpha value is -2.55. The average molecular weight is 319 g/mol. The quantitative estimate of drug-likeness (QED) is 0.860. The van der Waals surface area contributed by atoms with E-state index in [2.05, 4.69) is 70.6 Å². The lowest BCUT2D eigenvalue weighted by Crippen LogP contribution is -2.44. The zero-order valence-electron chi connectivity index (χ0n) is 13.9. The third-order valence-electron chi connectivity index (χ3n) is 5.00. The predicted molar refractivity (Wildman–Crippen MR) is 97.1 cm³/mol. The van der Waals surface area contributed by atoms with E-state index in [4.69, 9.17) is 0 Å². The summed E-state index contributed by atoms with van der Waals surface area (Å²) in [5.41, 5.74) is 4.05. The number of likely N-dealkylation sites (N-methyl/N-ethyl adjacent to an activating group) is 1. The highest BCUT2D eigenvalue weighted by atomic mass is 16.1. The van der Waals surface area contributed by atoms with Gasteiger partial charge in [0.15, 0.2) is 5.94 Å². The van der Waals surface area contributed by atoms with Crippen LogP contribution in [-0.4, -0.2) is 55.5 Å². The van der Waals surface area contributed by atoms with Crippen molar-refractivity contribution in [1.29, 1.82) is 0 Å². The van der Waals surface area contributed by atoms with E-state index < -0.39 is 0 Å². The van der Waals surface area contributed by atoms with E-state index >= 15 is 0 Å². The molecule has 0 amide bonds. The van der Waals surface area contributed by atoms with E-state index in [-0.39, 0.29) is 0 Å². The van der Waals surface area contributed by atoms with Crippen molar-refractivity contribution in [3.63, 3.8) is 0 Å². The Labute approximate surface area is 142 Å². The number of carbonyl (C=O) groups excluding carboxylic acids is 1. The molecule has 1 fully saturated rings. The standard InChI is InChI=1S/C20H21N3O/c1-22-9-11-23(12-10-22)20-18(13-21-19(20)14-24)17-8-4-6-15-5-2-3-7-16(15)17/h2-8,21H,9-13H2,1H3. The third-order valence-corrected chi connectivity index (χ3v) is 5.00. The Bertz CT molecular complexity index is 851. The van der Waals surface area contributed by atoms with Gasteiger partial charge in [-0.1, -0.05) is 42.5 Å². The molecule has 0 saturated carbocycles. The third kappa shape index (κ3) is 2.50. The molecule has 122 valence electrons. The number of hydrogen-bond acceptors (Lipinski definition) is 4. The van der Waals surface area contributed by atoms with Crippen molar-refractivity contribution < 1.29 is 4.79 Å². The molecule has 0 radical (unpaired) electrons. The van der Waals surface area contributed by atoms with Gasteiger partial charge in [0, 0.05) is 38.3 Å². The summed E-state index contributed by atoms with van der Waals surface area (Å²) in [6.07, 6.45) is 0. The van der Waals surface area contributed by atoms with Crippen molar-refractivity contribution in [3.8, 4) is 0 Å². The highest BCUT2D eigenvalue weighted by Crippen LogP contribution is 2.33. The highest BCUT2D eigenvalue weighted by molar-refractivity contribution is 5.97. The fourth-order valence-corrected chi connectivity index (χ4v) is 3.67. The molecule has 0 bridgehead atoms. The molecule has 1 saturated heterocycles.